The maximum Gasteiger partial charge on any atom is 0.255 e. The van der Waals surface area contributed by atoms with Gasteiger partial charge in [0, 0.05) is 18.8 Å². The van der Waals surface area contributed by atoms with Gasteiger partial charge in [-0.05, 0) is 18.9 Å². The number of nitrogens with zero attached hydrogens (tertiary/aromatic N) is 2. The lowest BCUT2D eigenvalue weighted by Gasteiger charge is -2.21. The van der Waals surface area contributed by atoms with Gasteiger partial charge >= 0.3 is 0 Å². The Bertz CT molecular complexity index is 435. The first-order valence-electron chi connectivity index (χ1n) is 5.36. The predicted molar refractivity (Wildman–Crippen MR) is 65.4 cm³/mol. The molecule has 1 fully saturated rings. The fraction of sp³-hybridized carbons (Fsp3) is 0.455. The molecule has 0 aromatic carbocycles. The number of aromatic nitrogens is 1. The molecule has 0 atom stereocenters. The van der Waals surface area contributed by atoms with Gasteiger partial charge in [-0.3, -0.25) is 4.79 Å². The molecule has 1 aliphatic carbocycles. The molecule has 1 aromatic heterocycles. The molecule has 1 saturated carbocycles. The monoisotopic (exact) mass is 274 g/mol. The molecule has 2 rings (SSSR count). The van der Waals surface area contributed by atoms with Crippen molar-refractivity contribution in [2.24, 2.45) is 0 Å². The average Bonchev–Trinajstić information content (AvgIpc) is 3.12. The second-order valence-corrected chi connectivity index (χ2v) is 4.73. The molecular weight excluding hydrogens is 263 g/mol. The summed E-state index contributed by atoms with van der Waals surface area (Å²) in [4.78, 5) is 17.7. The zero-order valence-electron chi connectivity index (χ0n) is 9.07. The summed E-state index contributed by atoms with van der Waals surface area (Å²) < 4.78 is 0. The van der Waals surface area contributed by atoms with Crippen molar-refractivity contribution in [3.63, 3.8) is 0 Å². The topological polar surface area (TPSA) is 53.4 Å². The highest BCUT2D eigenvalue weighted by molar-refractivity contribution is 6.35. The van der Waals surface area contributed by atoms with Gasteiger partial charge in [-0.15, -0.1) is 0 Å². The second-order valence-electron chi connectivity index (χ2n) is 3.94. The van der Waals surface area contributed by atoms with Gasteiger partial charge in [0.1, 0.15) is 5.15 Å². The van der Waals surface area contributed by atoms with Crippen molar-refractivity contribution in [2.45, 2.75) is 18.9 Å². The molecule has 0 spiro atoms. The van der Waals surface area contributed by atoms with Crippen molar-refractivity contribution in [1.29, 1.82) is 0 Å². The molecule has 1 amide bonds. The molecule has 0 radical (unpaired) electrons. The van der Waals surface area contributed by atoms with Gasteiger partial charge in [0.2, 0.25) is 0 Å². The molecule has 17 heavy (non-hydrogen) atoms. The SMILES string of the molecule is O=C(c1cc(Cl)ncc1Cl)N(CCO)C1CC1. The number of hydrogen-bond donors (Lipinski definition) is 1. The van der Waals surface area contributed by atoms with Crippen molar-refractivity contribution in [2.75, 3.05) is 13.2 Å². The summed E-state index contributed by atoms with van der Waals surface area (Å²) in [6.07, 6.45) is 3.31. The van der Waals surface area contributed by atoms with E-state index in [2.05, 4.69) is 4.98 Å². The summed E-state index contributed by atoms with van der Waals surface area (Å²) in [6, 6.07) is 1.68. The number of hydrogen-bond acceptors (Lipinski definition) is 3. The number of halogens is 2. The van der Waals surface area contributed by atoms with Crippen LogP contribution in [0, 0.1) is 0 Å². The fourth-order valence-corrected chi connectivity index (χ4v) is 2.02. The lowest BCUT2D eigenvalue weighted by Crippen LogP contribution is -2.35. The van der Waals surface area contributed by atoms with Crippen molar-refractivity contribution in [3.8, 4) is 0 Å². The Labute approximate surface area is 109 Å². The first-order valence-corrected chi connectivity index (χ1v) is 6.12. The summed E-state index contributed by atoms with van der Waals surface area (Å²) in [5.41, 5.74) is 0.340. The third-order valence-corrected chi connectivity index (χ3v) is 3.15. The van der Waals surface area contributed by atoms with Crippen molar-refractivity contribution in [3.05, 3.63) is 28.0 Å². The van der Waals surface area contributed by atoms with E-state index in [1.54, 1.807) is 4.90 Å². The zero-order valence-corrected chi connectivity index (χ0v) is 10.6. The summed E-state index contributed by atoms with van der Waals surface area (Å²) in [7, 11) is 0. The van der Waals surface area contributed by atoms with Gasteiger partial charge in [-0.1, -0.05) is 23.2 Å². The minimum atomic E-state index is -0.198. The molecule has 1 heterocycles. The minimum Gasteiger partial charge on any atom is -0.395 e. The Hall–Kier alpha value is -0.840. The molecule has 4 nitrogen and oxygen atoms in total. The van der Waals surface area contributed by atoms with Gasteiger partial charge in [-0.25, -0.2) is 4.98 Å². The normalized spacial score (nSPS) is 14.8. The number of aliphatic hydroxyl groups is 1. The molecule has 1 aliphatic rings. The first-order chi connectivity index (χ1) is 8.13. The zero-order chi connectivity index (χ0) is 12.4. The van der Waals surface area contributed by atoms with Gasteiger partial charge in [0.25, 0.3) is 5.91 Å². The van der Waals surface area contributed by atoms with Crippen LogP contribution < -0.4 is 0 Å². The maximum atomic E-state index is 12.2. The maximum absolute atomic E-state index is 12.2. The summed E-state index contributed by atoms with van der Waals surface area (Å²) in [5, 5.41) is 9.48. The van der Waals surface area contributed by atoms with Gasteiger partial charge in [-0.2, -0.15) is 0 Å². The van der Waals surface area contributed by atoms with Crippen LogP contribution in [0.5, 0.6) is 0 Å². The molecule has 0 aliphatic heterocycles. The van der Waals surface area contributed by atoms with Gasteiger partial charge in [0.15, 0.2) is 0 Å². The van der Waals surface area contributed by atoms with Crippen LogP contribution in [0.3, 0.4) is 0 Å². The van der Waals surface area contributed by atoms with Crippen molar-refractivity contribution < 1.29 is 9.90 Å². The first kappa shape index (κ1) is 12.6. The van der Waals surface area contributed by atoms with E-state index >= 15 is 0 Å². The number of carbonyl (C=O) groups is 1. The molecular formula is C11H12Cl2N2O2. The smallest absolute Gasteiger partial charge is 0.255 e. The highest BCUT2D eigenvalue weighted by Gasteiger charge is 2.33. The highest BCUT2D eigenvalue weighted by atomic mass is 35.5. The van der Waals surface area contributed by atoms with E-state index in [0.29, 0.717) is 12.1 Å². The van der Waals surface area contributed by atoms with E-state index in [0.717, 1.165) is 12.8 Å². The number of pyridine rings is 1. The predicted octanol–water partition coefficient (Wildman–Crippen LogP) is 1.99. The van der Waals surface area contributed by atoms with E-state index in [1.165, 1.54) is 12.3 Å². The number of rotatable bonds is 4. The van der Waals surface area contributed by atoms with Gasteiger partial charge in [0.05, 0.1) is 17.2 Å². The van der Waals surface area contributed by atoms with E-state index in [1.807, 2.05) is 0 Å². The third kappa shape index (κ3) is 2.89. The molecule has 92 valence electrons. The average molecular weight is 275 g/mol. The van der Waals surface area contributed by atoms with Crippen LogP contribution in [-0.4, -0.2) is 40.1 Å². The van der Waals surface area contributed by atoms with Crippen LogP contribution in [0.25, 0.3) is 0 Å². The van der Waals surface area contributed by atoms with Crippen LogP contribution in [0.4, 0.5) is 0 Å². The largest absolute Gasteiger partial charge is 0.395 e. The summed E-state index contributed by atoms with van der Waals surface area (Å²) >= 11 is 11.7. The molecule has 0 unspecified atom stereocenters. The Kier molecular flexibility index (Phi) is 3.86. The van der Waals surface area contributed by atoms with Crippen LogP contribution >= 0.6 is 23.2 Å². The van der Waals surface area contributed by atoms with E-state index in [-0.39, 0.29) is 28.7 Å². The molecule has 6 heteroatoms. The standard InChI is InChI=1S/C11H12Cl2N2O2/c12-9-6-14-10(13)5-8(9)11(17)15(3-4-16)7-1-2-7/h5-7,16H,1-4H2. The Balaban J connectivity index is 2.24. The van der Waals surface area contributed by atoms with E-state index in [9.17, 15) is 4.79 Å². The quantitative estimate of drug-likeness (QED) is 0.855. The van der Waals surface area contributed by atoms with Crippen molar-refractivity contribution in [1.82, 2.24) is 9.88 Å². The van der Waals surface area contributed by atoms with E-state index in [4.69, 9.17) is 28.3 Å². The lowest BCUT2D eigenvalue weighted by atomic mass is 10.2. The van der Waals surface area contributed by atoms with Crippen LogP contribution in [-0.2, 0) is 0 Å². The van der Waals surface area contributed by atoms with Crippen LogP contribution in [0.1, 0.15) is 23.2 Å². The molecule has 1 N–H and O–H groups in total. The molecule has 0 bridgehead atoms. The van der Waals surface area contributed by atoms with Gasteiger partial charge < -0.3 is 10.0 Å². The molecule has 0 saturated heterocycles. The summed E-state index contributed by atoms with van der Waals surface area (Å²) in [5.74, 6) is -0.198. The van der Waals surface area contributed by atoms with Crippen LogP contribution in [0.2, 0.25) is 10.2 Å². The molecule has 1 aromatic rings. The Morgan fingerprint density at radius 2 is 2.24 bits per heavy atom. The third-order valence-electron chi connectivity index (χ3n) is 2.64. The summed E-state index contributed by atoms with van der Waals surface area (Å²) in [6.45, 7) is 0.262. The Morgan fingerprint density at radius 3 is 2.82 bits per heavy atom. The van der Waals surface area contributed by atoms with Crippen molar-refractivity contribution >= 4 is 29.1 Å². The lowest BCUT2D eigenvalue weighted by molar-refractivity contribution is 0.0707. The number of carbonyl (C=O) groups excluding carboxylic acids is 1. The highest BCUT2D eigenvalue weighted by Crippen LogP contribution is 2.29. The van der Waals surface area contributed by atoms with E-state index < -0.39 is 0 Å². The number of aliphatic hydroxyl groups excluding tert-OH is 1. The minimum absolute atomic E-state index is 0.0569. The van der Waals surface area contributed by atoms with Crippen LogP contribution in [0.15, 0.2) is 12.3 Å². The Morgan fingerprint density at radius 1 is 1.53 bits per heavy atom. The second kappa shape index (κ2) is 5.21. The fourth-order valence-electron chi connectivity index (χ4n) is 1.68. The number of amides is 1.